The van der Waals surface area contributed by atoms with Crippen LogP contribution < -0.4 is 0 Å². The van der Waals surface area contributed by atoms with E-state index in [0.717, 1.165) is 6.26 Å². The van der Waals surface area contributed by atoms with E-state index in [1.54, 1.807) is 18.2 Å². The van der Waals surface area contributed by atoms with Crippen LogP contribution in [0.2, 0.25) is 0 Å². The van der Waals surface area contributed by atoms with Crippen LogP contribution >= 0.6 is 0 Å². The average molecular weight is 509 g/mol. The summed E-state index contributed by atoms with van der Waals surface area (Å²) in [6, 6.07) is 6.28. The quantitative estimate of drug-likeness (QED) is 0.111. The van der Waals surface area contributed by atoms with E-state index in [1.807, 2.05) is 0 Å². The number of aromatic hydroxyl groups is 1. The van der Waals surface area contributed by atoms with Crippen molar-refractivity contribution in [1.29, 1.82) is 0 Å². The third kappa shape index (κ3) is 6.69. The fraction of sp³-hybridized carbons (Fsp3) is 0.520. The van der Waals surface area contributed by atoms with E-state index in [-0.39, 0.29) is 31.1 Å². The van der Waals surface area contributed by atoms with Crippen LogP contribution in [-0.4, -0.2) is 92.9 Å². The number of hydrogen-bond donors (Lipinski definition) is 6. The fourth-order valence-corrected chi connectivity index (χ4v) is 4.22. The zero-order chi connectivity index (χ0) is 26.3. The Morgan fingerprint density at radius 1 is 1.11 bits per heavy atom. The van der Waals surface area contributed by atoms with Crippen molar-refractivity contribution in [2.45, 2.75) is 56.1 Å². The molecule has 1 aromatic carbocycles. The van der Waals surface area contributed by atoms with Crippen LogP contribution in [0.5, 0.6) is 5.75 Å². The Bertz CT molecular complexity index is 928. The van der Waals surface area contributed by atoms with Crippen LogP contribution in [0, 0.1) is 11.3 Å². The van der Waals surface area contributed by atoms with Gasteiger partial charge in [-0.2, -0.15) is 0 Å². The van der Waals surface area contributed by atoms with Gasteiger partial charge in [0.2, 0.25) is 6.29 Å². The normalized spacial score (nSPS) is 35.1. The van der Waals surface area contributed by atoms with Gasteiger partial charge in [-0.1, -0.05) is 12.1 Å². The molecule has 1 saturated heterocycles. The Labute approximate surface area is 207 Å². The molecule has 0 aromatic heterocycles. The SMILES string of the molecule is O=C[C@]1(/C=C\O[C@@H]2O[C@H](CO)[C@@H](O)[C@H](O)[C@H]2O)CC[C@H](COC(=O)/C=C\c2ccc(O)cc2)C[C@@H]1O. The first-order valence-corrected chi connectivity index (χ1v) is 11.6. The molecule has 0 spiro atoms. The molecule has 8 atom stereocenters. The Balaban J connectivity index is 1.50. The molecule has 3 rings (SSSR count). The number of aliphatic hydroxyl groups excluding tert-OH is 5. The van der Waals surface area contributed by atoms with Gasteiger partial charge in [-0.25, -0.2) is 4.79 Å². The number of carbonyl (C=O) groups is 2. The van der Waals surface area contributed by atoms with E-state index in [1.165, 1.54) is 24.3 Å². The Hall–Kier alpha value is -2.80. The molecule has 1 saturated carbocycles. The molecule has 0 bridgehead atoms. The lowest BCUT2D eigenvalue weighted by molar-refractivity contribution is -0.288. The van der Waals surface area contributed by atoms with Crippen molar-refractivity contribution in [3.8, 4) is 5.75 Å². The van der Waals surface area contributed by atoms with Crippen molar-refractivity contribution in [2.24, 2.45) is 11.3 Å². The number of phenolic OH excluding ortho intramolecular Hbond substituents is 1. The second-order valence-electron chi connectivity index (χ2n) is 9.08. The summed E-state index contributed by atoms with van der Waals surface area (Å²) in [5.74, 6) is -0.608. The predicted octanol–water partition coefficient (Wildman–Crippen LogP) is -0.375. The number of hydrogen-bond acceptors (Lipinski definition) is 11. The maximum atomic E-state index is 12.0. The summed E-state index contributed by atoms with van der Waals surface area (Å²) >= 11 is 0. The van der Waals surface area contributed by atoms with E-state index in [0.29, 0.717) is 18.3 Å². The summed E-state index contributed by atoms with van der Waals surface area (Å²) in [4.78, 5) is 23.9. The fourth-order valence-electron chi connectivity index (χ4n) is 4.22. The van der Waals surface area contributed by atoms with Crippen molar-refractivity contribution in [1.82, 2.24) is 0 Å². The van der Waals surface area contributed by atoms with Crippen LogP contribution in [0.15, 0.2) is 42.7 Å². The minimum absolute atomic E-state index is 0.0653. The van der Waals surface area contributed by atoms with E-state index in [4.69, 9.17) is 14.2 Å². The van der Waals surface area contributed by atoms with Crippen LogP contribution in [0.3, 0.4) is 0 Å². The molecule has 1 aliphatic heterocycles. The molecule has 36 heavy (non-hydrogen) atoms. The summed E-state index contributed by atoms with van der Waals surface area (Å²) in [7, 11) is 0. The molecular formula is C25H32O11. The van der Waals surface area contributed by atoms with Gasteiger partial charge < -0.3 is 49.6 Å². The number of benzene rings is 1. The van der Waals surface area contributed by atoms with Crippen LogP contribution in [0.4, 0.5) is 0 Å². The summed E-state index contributed by atoms with van der Waals surface area (Å²) in [5.41, 5.74) is -0.556. The van der Waals surface area contributed by atoms with Crippen molar-refractivity contribution in [3.05, 3.63) is 48.2 Å². The summed E-state index contributed by atoms with van der Waals surface area (Å²) in [6.45, 7) is -0.542. The van der Waals surface area contributed by atoms with Crippen molar-refractivity contribution in [3.63, 3.8) is 0 Å². The average Bonchev–Trinajstić information content (AvgIpc) is 2.88. The lowest BCUT2D eigenvalue weighted by Gasteiger charge is -2.40. The van der Waals surface area contributed by atoms with E-state index >= 15 is 0 Å². The van der Waals surface area contributed by atoms with Gasteiger partial charge in [-0.15, -0.1) is 0 Å². The highest BCUT2D eigenvalue weighted by molar-refractivity contribution is 5.87. The second-order valence-corrected chi connectivity index (χ2v) is 9.08. The first kappa shape index (κ1) is 27.8. The summed E-state index contributed by atoms with van der Waals surface area (Å²) < 4.78 is 15.8. The van der Waals surface area contributed by atoms with Gasteiger partial charge in [0.25, 0.3) is 0 Å². The zero-order valence-corrected chi connectivity index (χ0v) is 19.5. The Morgan fingerprint density at radius 2 is 1.83 bits per heavy atom. The minimum atomic E-state index is -1.60. The topological polar surface area (TPSA) is 183 Å². The highest BCUT2D eigenvalue weighted by Gasteiger charge is 2.45. The number of ether oxygens (including phenoxy) is 3. The van der Waals surface area contributed by atoms with Crippen LogP contribution in [0.1, 0.15) is 24.8 Å². The highest BCUT2D eigenvalue weighted by Crippen LogP contribution is 2.39. The molecule has 2 aliphatic rings. The van der Waals surface area contributed by atoms with Gasteiger partial charge in [0.15, 0.2) is 0 Å². The van der Waals surface area contributed by atoms with Gasteiger partial charge in [-0.3, -0.25) is 0 Å². The van der Waals surface area contributed by atoms with Gasteiger partial charge in [0, 0.05) is 6.08 Å². The largest absolute Gasteiger partial charge is 0.508 e. The predicted molar refractivity (Wildman–Crippen MR) is 124 cm³/mol. The molecule has 11 heteroatoms. The number of aldehydes is 1. The Kier molecular flexibility index (Phi) is 9.60. The van der Waals surface area contributed by atoms with Crippen molar-refractivity contribution in [2.75, 3.05) is 13.2 Å². The monoisotopic (exact) mass is 508 g/mol. The number of rotatable bonds is 9. The molecule has 2 fully saturated rings. The molecule has 1 aliphatic carbocycles. The molecule has 198 valence electrons. The number of phenols is 1. The molecule has 1 aromatic rings. The minimum Gasteiger partial charge on any atom is -0.508 e. The molecule has 0 amide bonds. The van der Waals surface area contributed by atoms with Gasteiger partial charge in [-0.05, 0) is 55.0 Å². The van der Waals surface area contributed by atoms with E-state index < -0.39 is 54.8 Å². The zero-order valence-electron chi connectivity index (χ0n) is 19.5. The van der Waals surface area contributed by atoms with Gasteiger partial charge in [0.05, 0.1) is 31.0 Å². The van der Waals surface area contributed by atoms with Crippen LogP contribution in [-0.2, 0) is 23.8 Å². The van der Waals surface area contributed by atoms with Crippen molar-refractivity contribution >= 4 is 18.3 Å². The summed E-state index contributed by atoms with van der Waals surface area (Å²) in [6.07, 6.45) is -1.59. The maximum absolute atomic E-state index is 12.0. The lowest BCUT2D eigenvalue weighted by atomic mass is 9.69. The first-order chi connectivity index (χ1) is 17.2. The number of aliphatic hydroxyl groups is 5. The molecule has 6 N–H and O–H groups in total. The van der Waals surface area contributed by atoms with Crippen LogP contribution in [0.25, 0.3) is 6.08 Å². The van der Waals surface area contributed by atoms with E-state index in [9.17, 15) is 40.2 Å². The standard InChI is InChI=1S/C25H32O11/c26-12-18-21(31)22(32)23(33)24(36-18)34-10-9-25(14-27)8-7-16(11-19(25)29)13-35-20(30)6-3-15-1-4-17(28)5-2-15/h1-6,9-10,14,16,18-19,21-24,26,28-29,31-33H,7-8,11-13H2/b6-3-,10-9-/t16-,18+,19-,21+,22-,23+,24+,25+/m0/s1. The molecule has 0 unspecified atom stereocenters. The maximum Gasteiger partial charge on any atom is 0.330 e. The third-order valence-electron chi connectivity index (χ3n) is 6.59. The molecular weight excluding hydrogens is 476 g/mol. The first-order valence-electron chi connectivity index (χ1n) is 11.6. The molecule has 1 heterocycles. The highest BCUT2D eigenvalue weighted by atomic mass is 16.7. The molecule has 11 nitrogen and oxygen atoms in total. The van der Waals surface area contributed by atoms with E-state index in [2.05, 4.69) is 0 Å². The number of carbonyl (C=O) groups excluding carboxylic acids is 2. The molecule has 0 radical (unpaired) electrons. The van der Waals surface area contributed by atoms with Gasteiger partial charge >= 0.3 is 5.97 Å². The van der Waals surface area contributed by atoms with Gasteiger partial charge in [0.1, 0.15) is 36.5 Å². The second kappa shape index (κ2) is 12.4. The lowest BCUT2D eigenvalue weighted by Crippen LogP contribution is -2.58. The smallest absolute Gasteiger partial charge is 0.330 e. The third-order valence-corrected chi connectivity index (χ3v) is 6.59. The summed E-state index contributed by atoms with van der Waals surface area (Å²) in [5, 5.41) is 58.9. The Morgan fingerprint density at radius 3 is 2.47 bits per heavy atom. The van der Waals surface area contributed by atoms with Crippen molar-refractivity contribution < 1.29 is 54.4 Å². The number of esters is 1.